The number of nitrogens with zero attached hydrogens (tertiary/aromatic N) is 1. The van der Waals surface area contributed by atoms with Gasteiger partial charge < -0.3 is 15.2 Å². The van der Waals surface area contributed by atoms with Crippen LogP contribution in [0.3, 0.4) is 0 Å². The molecule has 2 N–H and O–H groups in total. The molecular formula is C18H26N2O2S. The Morgan fingerprint density at radius 1 is 1.09 bits per heavy atom. The first-order chi connectivity index (χ1) is 11.2. The second-order valence-electron chi connectivity index (χ2n) is 5.47. The van der Waals surface area contributed by atoms with E-state index >= 15 is 0 Å². The zero-order chi connectivity index (χ0) is 16.7. The van der Waals surface area contributed by atoms with Gasteiger partial charge in [-0.15, -0.1) is 0 Å². The summed E-state index contributed by atoms with van der Waals surface area (Å²) in [5.74, 6) is 1.59. The molecule has 126 valence electrons. The predicted octanol–water partition coefficient (Wildman–Crippen LogP) is 5.06. The fourth-order valence-electron chi connectivity index (χ4n) is 2.43. The van der Waals surface area contributed by atoms with Crippen molar-refractivity contribution in [3.8, 4) is 21.9 Å². The van der Waals surface area contributed by atoms with Gasteiger partial charge in [-0.1, -0.05) is 37.5 Å². The first-order valence-corrected chi connectivity index (χ1v) is 9.10. The third kappa shape index (κ3) is 4.86. The van der Waals surface area contributed by atoms with Crippen molar-refractivity contribution in [3.05, 3.63) is 23.9 Å². The lowest BCUT2D eigenvalue weighted by molar-refractivity contribution is 0.270. The lowest BCUT2D eigenvalue weighted by Crippen LogP contribution is -2.01. The first kappa shape index (κ1) is 17.6. The monoisotopic (exact) mass is 334 g/mol. The van der Waals surface area contributed by atoms with Gasteiger partial charge in [0.05, 0.1) is 23.8 Å². The number of aromatic nitrogens is 1. The van der Waals surface area contributed by atoms with Crippen molar-refractivity contribution in [3.63, 3.8) is 0 Å². The quantitative estimate of drug-likeness (QED) is 0.651. The maximum Gasteiger partial charge on any atom is 0.180 e. The van der Waals surface area contributed by atoms with Crippen LogP contribution in [0.15, 0.2) is 18.2 Å². The first-order valence-electron chi connectivity index (χ1n) is 8.28. The molecule has 4 nitrogen and oxygen atoms in total. The minimum absolute atomic E-state index is 0.590. The highest BCUT2D eigenvalue weighted by molar-refractivity contribution is 7.18. The number of thiazole rings is 1. The summed E-state index contributed by atoms with van der Waals surface area (Å²) in [6, 6.07) is 6.05. The zero-order valence-corrected chi connectivity index (χ0v) is 15.0. The van der Waals surface area contributed by atoms with E-state index in [2.05, 4.69) is 11.9 Å². The second kappa shape index (κ2) is 8.77. The van der Waals surface area contributed by atoms with Crippen LogP contribution < -0.4 is 15.2 Å². The number of anilines is 1. The largest absolute Gasteiger partial charge is 0.490 e. The smallest absolute Gasteiger partial charge is 0.180 e. The Bertz CT molecular complexity index is 625. The fourth-order valence-corrected chi connectivity index (χ4v) is 3.26. The summed E-state index contributed by atoms with van der Waals surface area (Å²) in [6.07, 6.45) is 4.77. The Balaban J connectivity index is 2.12. The zero-order valence-electron chi connectivity index (χ0n) is 14.2. The number of unbranched alkanes of at least 4 members (excludes halogenated alkanes) is 3. The summed E-state index contributed by atoms with van der Waals surface area (Å²) in [4.78, 5) is 5.37. The van der Waals surface area contributed by atoms with Gasteiger partial charge in [0.2, 0.25) is 0 Å². The van der Waals surface area contributed by atoms with E-state index < -0.39 is 0 Å². The van der Waals surface area contributed by atoms with Gasteiger partial charge in [-0.3, -0.25) is 0 Å². The van der Waals surface area contributed by atoms with Gasteiger partial charge in [-0.2, -0.15) is 0 Å². The summed E-state index contributed by atoms with van der Waals surface area (Å²) in [6.45, 7) is 7.50. The normalized spacial score (nSPS) is 10.7. The Labute approximate surface area is 142 Å². The summed E-state index contributed by atoms with van der Waals surface area (Å²) < 4.78 is 11.7. The molecule has 0 aliphatic carbocycles. The van der Waals surface area contributed by atoms with E-state index in [1.807, 2.05) is 32.0 Å². The molecule has 0 amide bonds. The summed E-state index contributed by atoms with van der Waals surface area (Å²) in [5.41, 5.74) is 7.82. The van der Waals surface area contributed by atoms with Gasteiger partial charge in [0.15, 0.2) is 16.6 Å². The van der Waals surface area contributed by atoms with Crippen LogP contribution in [0.2, 0.25) is 0 Å². The van der Waals surface area contributed by atoms with Crippen LogP contribution in [-0.4, -0.2) is 18.2 Å². The van der Waals surface area contributed by atoms with Crippen LogP contribution in [-0.2, 0) is 0 Å². The molecule has 1 aromatic heterocycles. The van der Waals surface area contributed by atoms with E-state index in [0.717, 1.165) is 40.7 Å². The number of nitrogen functional groups attached to an aromatic ring is 1. The summed E-state index contributed by atoms with van der Waals surface area (Å²) >= 11 is 1.50. The van der Waals surface area contributed by atoms with Crippen molar-refractivity contribution in [1.82, 2.24) is 4.98 Å². The van der Waals surface area contributed by atoms with Gasteiger partial charge in [0.25, 0.3) is 0 Å². The van der Waals surface area contributed by atoms with Crippen molar-refractivity contribution in [2.45, 2.75) is 46.5 Å². The van der Waals surface area contributed by atoms with E-state index in [1.54, 1.807) is 0 Å². The lowest BCUT2D eigenvalue weighted by atomic mass is 10.1. The van der Waals surface area contributed by atoms with Crippen LogP contribution in [0.4, 0.5) is 5.13 Å². The maximum absolute atomic E-state index is 5.90. The Hall–Kier alpha value is -1.75. The van der Waals surface area contributed by atoms with Crippen molar-refractivity contribution in [2.24, 2.45) is 0 Å². The molecule has 0 radical (unpaired) electrons. The van der Waals surface area contributed by atoms with E-state index in [0.29, 0.717) is 11.7 Å². The molecule has 0 saturated heterocycles. The van der Waals surface area contributed by atoms with Crippen LogP contribution in [0.5, 0.6) is 11.5 Å². The molecule has 0 saturated carbocycles. The molecule has 0 bridgehead atoms. The Kier molecular flexibility index (Phi) is 6.71. The molecule has 0 atom stereocenters. The highest BCUT2D eigenvalue weighted by Gasteiger charge is 2.12. The topological polar surface area (TPSA) is 57.4 Å². The molecule has 2 rings (SSSR count). The highest BCUT2D eigenvalue weighted by atomic mass is 32.1. The van der Waals surface area contributed by atoms with Gasteiger partial charge >= 0.3 is 0 Å². The number of benzene rings is 1. The number of hydrogen-bond acceptors (Lipinski definition) is 5. The van der Waals surface area contributed by atoms with Crippen LogP contribution in [0.1, 0.15) is 45.2 Å². The van der Waals surface area contributed by atoms with E-state index in [9.17, 15) is 0 Å². The number of hydrogen-bond donors (Lipinski definition) is 1. The molecule has 0 spiro atoms. The number of nitrogens with two attached hydrogens (primary N) is 1. The molecular weight excluding hydrogens is 308 g/mol. The van der Waals surface area contributed by atoms with E-state index in [-0.39, 0.29) is 0 Å². The van der Waals surface area contributed by atoms with Gasteiger partial charge in [-0.05, 0) is 44.0 Å². The van der Waals surface area contributed by atoms with Crippen LogP contribution in [0.25, 0.3) is 10.4 Å². The number of rotatable bonds is 9. The lowest BCUT2D eigenvalue weighted by Gasteiger charge is -2.13. The average Bonchev–Trinajstić information content (AvgIpc) is 2.87. The van der Waals surface area contributed by atoms with Crippen molar-refractivity contribution >= 4 is 16.5 Å². The number of aryl methyl sites for hydroxylation is 1. The highest BCUT2D eigenvalue weighted by Crippen LogP contribution is 2.37. The molecule has 2 aromatic rings. The third-order valence-corrected chi connectivity index (χ3v) is 4.61. The fraction of sp³-hybridized carbons (Fsp3) is 0.500. The minimum atomic E-state index is 0.590. The standard InChI is InChI=1S/C18H26N2O2S/c1-4-6-7-8-11-22-15-10-9-14(12-16(15)21-5-2)17-13(3)20-18(19)23-17/h9-10,12H,4-8,11H2,1-3H3,(H2,19,20). The molecule has 1 heterocycles. The van der Waals surface area contributed by atoms with Crippen LogP contribution >= 0.6 is 11.3 Å². The molecule has 5 heteroatoms. The van der Waals surface area contributed by atoms with Gasteiger partial charge in [0.1, 0.15) is 0 Å². The minimum Gasteiger partial charge on any atom is -0.490 e. The van der Waals surface area contributed by atoms with Crippen molar-refractivity contribution in [1.29, 1.82) is 0 Å². The predicted molar refractivity (Wildman–Crippen MR) is 97.5 cm³/mol. The molecule has 23 heavy (non-hydrogen) atoms. The molecule has 0 aliphatic heterocycles. The van der Waals surface area contributed by atoms with Gasteiger partial charge in [-0.25, -0.2) is 4.98 Å². The Morgan fingerprint density at radius 3 is 2.57 bits per heavy atom. The van der Waals surface area contributed by atoms with Gasteiger partial charge in [0, 0.05) is 0 Å². The maximum atomic E-state index is 5.90. The second-order valence-corrected chi connectivity index (χ2v) is 6.50. The summed E-state index contributed by atoms with van der Waals surface area (Å²) in [7, 11) is 0. The molecule has 0 fully saturated rings. The molecule has 0 unspecified atom stereocenters. The molecule has 1 aromatic carbocycles. The third-order valence-electron chi connectivity index (χ3n) is 3.57. The van der Waals surface area contributed by atoms with Crippen molar-refractivity contribution < 1.29 is 9.47 Å². The van der Waals surface area contributed by atoms with Crippen LogP contribution in [0, 0.1) is 6.92 Å². The summed E-state index contributed by atoms with van der Waals surface area (Å²) in [5, 5.41) is 0.590. The number of ether oxygens (including phenoxy) is 2. The SMILES string of the molecule is CCCCCCOc1ccc(-c2sc(N)nc2C)cc1OCC. The average molecular weight is 334 g/mol. The van der Waals surface area contributed by atoms with E-state index in [1.165, 1.54) is 30.6 Å². The van der Waals surface area contributed by atoms with Crippen molar-refractivity contribution in [2.75, 3.05) is 18.9 Å². The van der Waals surface area contributed by atoms with E-state index in [4.69, 9.17) is 15.2 Å². The Morgan fingerprint density at radius 2 is 1.91 bits per heavy atom. The molecule has 0 aliphatic rings.